The maximum absolute atomic E-state index is 11.9. The second kappa shape index (κ2) is 5.85. The third kappa shape index (κ3) is 3.70. The van der Waals surface area contributed by atoms with Crippen LogP contribution < -0.4 is 5.32 Å². The highest BCUT2D eigenvalue weighted by Gasteiger charge is 2.25. The van der Waals surface area contributed by atoms with Gasteiger partial charge in [0.25, 0.3) is 0 Å². The Bertz CT molecular complexity index is 251. The van der Waals surface area contributed by atoms with Crippen LogP contribution in [0.1, 0.15) is 46.0 Å². The Balaban J connectivity index is 1.71. The lowest BCUT2D eigenvalue weighted by molar-refractivity contribution is -0.129. The van der Waals surface area contributed by atoms with E-state index in [1.165, 1.54) is 32.1 Å². The Labute approximate surface area is 105 Å². The van der Waals surface area contributed by atoms with Gasteiger partial charge in [-0.2, -0.15) is 0 Å². The molecule has 3 nitrogen and oxygen atoms in total. The molecule has 2 unspecified atom stereocenters. The Hall–Kier alpha value is -0.570. The third-order valence-corrected chi connectivity index (χ3v) is 4.18. The van der Waals surface area contributed by atoms with Crippen LogP contribution in [-0.2, 0) is 4.79 Å². The molecule has 3 heteroatoms. The van der Waals surface area contributed by atoms with E-state index in [1.807, 2.05) is 4.90 Å². The van der Waals surface area contributed by atoms with Gasteiger partial charge in [-0.05, 0) is 43.9 Å². The van der Waals surface area contributed by atoms with Gasteiger partial charge in [0.15, 0.2) is 0 Å². The summed E-state index contributed by atoms with van der Waals surface area (Å²) in [5.41, 5.74) is 0. The predicted octanol–water partition coefficient (Wildman–Crippen LogP) is 2.02. The van der Waals surface area contributed by atoms with Crippen molar-refractivity contribution in [1.29, 1.82) is 0 Å². The Morgan fingerprint density at radius 1 is 1.12 bits per heavy atom. The van der Waals surface area contributed by atoms with E-state index in [1.54, 1.807) is 0 Å². The first-order chi connectivity index (χ1) is 8.15. The average Bonchev–Trinajstić information content (AvgIpc) is 2.78. The summed E-state index contributed by atoms with van der Waals surface area (Å²) in [4.78, 5) is 13.9. The summed E-state index contributed by atoms with van der Waals surface area (Å²) in [6.07, 6.45) is 6.18. The van der Waals surface area contributed by atoms with Crippen LogP contribution in [0, 0.1) is 11.8 Å². The second-order valence-corrected chi connectivity index (χ2v) is 6.08. The summed E-state index contributed by atoms with van der Waals surface area (Å²) in [6, 6.07) is 0.556. The van der Waals surface area contributed by atoms with Crippen LogP contribution in [0.3, 0.4) is 0 Å². The SMILES string of the molecule is CC1CC(C)CC(NCC(=O)N2CCCC2)C1. The third-order valence-electron chi connectivity index (χ3n) is 4.18. The van der Waals surface area contributed by atoms with Gasteiger partial charge in [-0.3, -0.25) is 4.79 Å². The van der Waals surface area contributed by atoms with Crippen molar-refractivity contribution in [1.82, 2.24) is 10.2 Å². The van der Waals surface area contributed by atoms with Crippen molar-refractivity contribution in [2.24, 2.45) is 11.8 Å². The molecule has 1 N–H and O–H groups in total. The highest BCUT2D eigenvalue weighted by molar-refractivity contribution is 5.78. The predicted molar refractivity (Wildman–Crippen MR) is 69.8 cm³/mol. The average molecular weight is 238 g/mol. The van der Waals surface area contributed by atoms with E-state index in [0.717, 1.165) is 24.9 Å². The lowest BCUT2D eigenvalue weighted by Gasteiger charge is -2.32. The first-order valence-electron chi connectivity index (χ1n) is 7.16. The molecule has 1 aliphatic carbocycles. The highest BCUT2D eigenvalue weighted by atomic mass is 16.2. The molecule has 1 saturated carbocycles. The minimum atomic E-state index is 0.299. The zero-order valence-corrected chi connectivity index (χ0v) is 11.2. The normalized spacial score (nSPS) is 34.0. The molecular formula is C14H26N2O. The summed E-state index contributed by atoms with van der Waals surface area (Å²) >= 11 is 0. The van der Waals surface area contributed by atoms with Crippen molar-refractivity contribution >= 4 is 5.91 Å². The standard InChI is InChI=1S/C14H26N2O/c1-11-7-12(2)9-13(8-11)15-10-14(17)16-5-3-4-6-16/h11-13,15H,3-10H2,1-2H3. The van der Waals surface area contributed by atoms with Gasteiger partial charge in [0.2, 0.25) is 5.91 Å². The van der Waals surface area contributed by atoms with Crippen LogP contribution in [0.4, 0.5) is 0 Å². The number of carbonyl (C=O) groups excluding carboxylic acids is 1. The zero-order valence-electron chi connectivity index (χ0n) is 11.2. The van der Waals surface area contributed by atoms with Gasteiger partial charge >= 0.3 is 0 Å². The summed E-state index contributed by atoms with van der Waals surface area (Å²) in [5, 5.41) is 3.47. The molecule has 0 spiro atoms. The van der Waals surface area contributed by atoms with Crippen LogP contribution in [0.5, 0.6) is 0 Å². The zero-order chi connectivity index (χ0) is 12.3. The van der Waals surface area contributed by atoms with E-state index in [-0.39, 0.29) is 0 Å². The maximum Gasteiger partial charge on any atom is 0.236 e. The molecule has 0 aromatic rings. The van der Waals surface area contributed by atoms with Crippen LogP contribution in [0.2, 0.25) is 0 Å². The Kier molecular flexibility index (Phi) is 4.43. The molecule has 17 heavy (non-hydrogen) atoms. The van der Waals surface area contributed by atoms with Crippen LogP contribution in [0.25, 0.3) is 0 Å². The van der Waals surface area contributed by atoms with E-state index < -0.39 is 0 Å². The number of nitrogens with zero attached hydrogens (tertiary/aromatic N) is 1. The molecule has 1 heterocycles. The molecule has 0 bridgehead atoms. The monoisotopic (exact) mass is 238 g/mol. The molecular weight excluding hydrogens is 212 g/mol. The van der Waals surface area contributed by atoms with E-state index in [2.05, 4.69) is 19.2 Å². The number of amides is 1. The number of carbonyl (C=O) groups is 1. The van der Waals surface area contributed by atoms with Gasteiger partial charge in [-0.25, -0.2) is 0 Å². The summed E-state index contributed by atoms with van der Waals surface area (Å²) in [6.45, 7) is 7.14. The Morgan fingerprint density at radius 3 is 2.29 bits per heavy atom. The highest BCUT2D eigenvalue weighted by Crippen LogP contribution is 2.28. The van der Waals surface area contributed by atoms with E-state index in [4.69, 9.17) is 0 Å². The van der Waals surface area contributed by atoms with Gasteiger partial charge in [0.1, 0.15) is 0 Å². The van der Waals surface area contributed by atoms with Crippen molar-refractivity contribution in [3.63, 3.8) is 0 Å². The fourth-order valence-electron chi connectivity index (χ4n) is 3.42. The van der Waals surface area contributed by atoms with Gasteiger partial charge in [-0.1, -0.05) is 13.8 Å². The maximum atomic E-state index is 11.9. The van der Waals surface area contributed by atoms with E-state index in [9.17, 15) is 4.79 Å². The largest absolute Gasteiger partial charge is 0.342 e. The minimum Gasteiger partial charge on any atom is -0.342 e. The molecule has 1 amide bonds. The van der Waals surface area contributed by atoms with Crippen LogP contribution in [0.15, 0.2) is 0 Å². The minimum absolute atomic E-state index is 0.299. The number of rotatable bonds is 3. The number of hydrogen-bond donors (Lipinski definition) is 1. The van der Waals surface area contributed by atoms with Crippen LogP contribution >= 0.6 is 0 Å². The molecule has 2 fully saturated rings. The number of likely N-dealkylation sites (tertiary alicyclic amines) is 1. The van der Waals surface area contributed by atoms with Gasteiger partial charge in [0.05, 0.1) is 6.54 Å². The summed E-state index contributed by atoms with van der Waals surface area (Å²) in [5.74, 6) is 1.91. The van der Waals surface area contributed by atoms with Crippen LogP contribution in [-0.4, -0.2) is 36.5 Å². The van der Waals surface area contributed by atoms with Crippen molar-refractivity contribution in [3.8, 4) is 0 Å². The number of nitrogens with one attached hydrogen (secondary N) is 1. The van der Waals surface area contributed by atoms with Crippen molar-refractivity contribution in [3.05, 3.63) is 0 Å². The molecule has 1 aliphatic heterocycles. The van der Waals surface area contributed by atoms with Gasteiger partial charge in [-0.15, -0.1) is 0 Å². The fraction of sp³-hybridized carbons (Fsp3) is 0.929. The molecule has 0 aromatic heterocycles. The Morgan fingerprint density at radius 2 is 1.71 bits per heavy atom. The molecule has 2 aliphatic rings. The van der Waals surface area contributed by atoms with Crippen molar-refractivity contribution < 1.29 is 4.79 Å². The first kappa shape index (κ1) is 12.9. The summed E-state index contributed by atoms with van der Waals surface area (Å²) < 4.78 is 0. The molecule has 1 saturated heterocycles. The smallest absolute Gasteiger partial charge is 0.236 e. The molecule has 2 rings (SSSR count). The molecule has 2 atom stereocenters. The topological polar surface area (TPSA) is 32.3 Å². The van der Waals surface area contributed by atoms with Crippen molar-refractivity contribution in [2.75, 3.05) is 19.6 Å². The summed E-state index contributed by atoms with van der Waals surface area (Å²) in [7, 11) is 0. The fourth-order valence-corrected chi connectivity index (χ4v) is 3.42. The lowest BCUT2D eigenvalue weighted by atomic mass is 9.80. The van der Waals surface area contributed by atoms with E-state index >= 15 is 0 Å². The quantitative estimate of drug-likeness (QED) is 0.816. The van der Waals surface area contributed by atoms with Gasteiger partial charge < -0.3 is 10.2 Å². The van der Waals surface area contributed by atoms with E-state index in [0.29, 0.717) is 18.5 Å². The first-order valence-corrected chi connectivity index (χ1v) is 7.16. The lowest BCUT2D eigenvalue weighted by Crippen LogP contribution is -2.43. The molecule has 0 radical (unpaired) electrons. The molecule has 98 valence electrons. The van der Waals surface area contributed by atoms with Gasteiger partial charge in [0, 0.05) is 19.1 Å². The number of hydrogen-bond acceptors (Lipinski definition) is 2. The molecule has 0 aromatic carbocycles. The van der Waals surface area contributed by atoms with Crippen molar-refractivity contribution in [2.45, 2.75) is 52.0 Å². The second-order valence-electron chi connectivity index (χ2n) is 6.08.